The van der Waals surface area contributed by atoms with Gasteiger partial charge < -0.3 is 9.29 Å². The van der Waals surface area contributed by atoms with Crippen LogP contribution in [-0.2, 0) is 10.1 Å². The number of hydrogen-bond acceptors (Lipinski definition) is 4. The molecule has 0 aliphatic carbocycles. The molecule has 0 aliphatic heterocycles. The fraction of sp³-hybridized carbons (Fsp3) is 0.333. The van der Waals surface area contributed by atoms with Crippen LogP contribution in [0.5, 0.6) is 5.75 Å². The third kappa shape index (κ3) is 4.19. The molecule has 1 unspecified atom stereocenters. The summed E-state index contributed by atoms with van der Waals surface area (Å²) in [5.74, 6) is 0.239. The quantitative estimate of drug-likeness (QED) is 0.674. The second-order valence-electron chi connectivity index (χ2n) is 3.03. The summed E-state index contributed by atoms with van der Waals surface area (Å²) in [4.78, 5) is 0. The molecule has 0 saturated heterocycles. The molecule has 1 aromatic rings. The number of alkyl halides is 1. The number of hydrogen-bond donors (Lipinski definition) is 1. The second-order valence-corrected chi connectivity index (χ2v) is 5.25. The average Bonchev–Trinajstić information content (AvgIpc) is 2.15. The van der Waals surface area contributed by atoms with Gasteiger partial charge >= 0.3 is 10.1 Å². The zero-order chi connectivity index (χ0) is 11.5. The van der Waals surface area contributed by atoms with Crippen molar-refractivity contribution >= 4 is 26.0 Å². The molecule has 0 bridgehead atoms. The maximum Gasteiger partial charge on any atom is 0.306 e. The Labute approximate surface area is 97.1 Å². The van der Waals surface area contributed by atoms with Crippen LogP contribution in [-0.4, -0.2) is 25.1 Å². The molecule has 1 atom stereocenters. The first-order valence-corrected chi connectivity index (χ1v) is 7.09. The van der Waals surface area contributed by atoms with Crippen molar-refractivity contribution < 1.29 is 17.7 Å². The molecule has 0 amide bonds. The van der Waals surface area contributed by atoms with Crippen molar-refractivity contribution in [1.29, 1.82) is 0 Å². The zero-order valence-electron chi connectivity index (χ0n) is 8.05. The minimum Gasteiger partial charge on any atom is -0.388 e. The van der Waals surface area contributed by atoms with E-state index < -0.39 is 16.2 Å². The van der Waals surface area contributed by atoms with Crippen molar-refractivity contribution in [3.8, 4) is 5.75 Å². The molecule has 15 heavy (non-hydrogen) atoms. The van der Waals surface area contributed by atoms with E-state index in [4.69, 9.17) is 0 Å². The molecule has 0 heterocycles. The third-order valence-corrected chi connectivity index (χ3v) is 2.77. The summed E-state index contributed by atoms with van der Waals surface area (Å²) in [6.07, 6.45) is 0.381. The van der Waals surface area contributed by atoms with E-state index in [0.29, 0.717) is 10.9 Å². The third-order valence-electron chi connectivity index (χ3n) is 1.66. The average molecular weight is 295 g/mol. The molecule has 4 nitrogen and oxygen atoms in total. The Morgan fingerprint density at radius 1 is 1.40 bits per heavy atom. The number of rotatable bonds is 4. The summed E-state index contributed by atoms with van der Waals surface area (Å²) in [6, 6.07) is 6.24. The van der Waals surface area contributed by atoms with Crippen molar-refractivity contribution in [3.05, 3.63) is 29.8 Å². The van der Waals surface area contributed by atoms with Crippen LogP contribution in [0.1, 0.15) is 11.7 Å². The Kier molecular flexibility index (Phi) is 4.12. The SMILES string of the molecule is CS(=O)(=O)Oc1ccc(C(O)CBr)cc1. The predicted octanol–water partition coefficient (Wildman–Crippen LogP) is 1.45. The van der Waals surface area contributed by atoms with Crippen molar-refractivity contribution in [1.82, 2.24) is 0 Å². The number of aliphatic hydroxyl groups excluding tert-OH is 1. The fourth-order valence-electron chi connectivity index (χ4n) is 1.01. The number of halogens is 1. The Balaban J connectivity index is 2.81. The molecule has 1 aromatic carbocycles. The number of aliphatic hydroxyl groups is 1. The van der Waals surface area contributed by atoms with Gasteiger partial charge in [-0.1, -0.05) is 28.1 Å². The van der Waals surface area contributed by atoms with Gasteiger partial charge in [-0.05, 0) is 17.7 Å². The lowest BCUT2D eigenvalue weighted by atomic mass is 10.1. The highest BCUT2D eigenvalue weighted by Crippen LogP contribution is 2.19. The van der Waals surface area contributed by atoms with E-state index in [-0.39, 0.29) is 5.75 Å². The molecule has 0 aromatic heterocycles. The maximum atomic E-state index is 10.8. The van der Waals surface area contributed by atoms with Gasteiger partial charge in [-0.3, -0.25) is 0 Å². The summed E-state index contributed by atoms with van der Waals surface area (Å²) < 4.78 is 26.2. The molecule has 0 radical (unpaired) electrons. The molecular formula is C9H11BrO4S. The highest BCUT2D eigenvalue weighted by molar-refractivity contribution is 9.09. The summed E-state index contributed by atoms with van der Waals surface area (Å²) in [7, 11) is -3.49. The van der Waals surface area contributed by atoms with E-state index in [9.17, 15) is 13.5 Å². The van der Waals surface area contributed by atoms with Gasteiger partial charge in [-0.25, -0.2) is 0 Å². The van der Waals surface area contributed by atoms with Crippen LogP contribution in [0.4, 0.5) is 0 Å². The largest absolute Gasteiger partial charge is 0.388 e. The van der Waals surface area contributed by atoms with Gasteiger partial charge in [0, 0.05) is 5.33 Å². The van der Waals surface area contributed by atoms with E-state index in [2.05, 4.69) is 20.1 Å². The summed E-state index contributed by atoms with van der Waals surface area (Å²) >= 11 is 3.14. The van der Waals surface area contributed by atoms with Crippen LogP contribution in [0.3, 0.4) is 0 Å². The molecule has 1 N–H and O–H groups in total. The Morgan fingerprint density at radius 3 is 2.33 bits per heavy atom. The normalized spacial score (nSPS) is 13.5. The van der Waals surface area contributed by atoms with Gasteiger partial charge in [0.15, 0.2) is 0 Å². The van der Waals surface area contributed by atoms with E-state index in [1.54, 1.807) is 12.1 Å². The Morgan fingerprint density at radius 2 is 1.93 bits per heavy atom. The standard InChI is InChI=1S/C9H11BrO4S/c1-15(12,13)14-8-4-2-7(3-5-8)9(11)6-10/h2-5,9,11H,6H2,1H3. The molecule has 0 spiro atoms. The lowest BCUT2D eigenvalue weighted by Gasteiger charge is -2.08. The number of benzene rings is 1. The minimum atomic E-state index is -3.49. The van der Waals surface area contributed by atoms with E-state index in [1.165, 1.54) is 12.1 Å². The van der Waals surface area contributed by atoms with E-state index >= 15 is 0 Å². The summed E-state index contributed by atoms with van der Waals surface area (Å²) in [6.45, 7) is 0. The van der Waals surface area contributed by atoms with Crippen molar-refractivity contribution in [3.63, 3.8) is 0 Å². The molecule has 0 fully saturated rings. The van der Waals surface area contributed by atoms with E-state index in [0.717, 1.165) is 6.26 Å². The predicted molar refractivity (Wildman–Crippen MR) is 60.7 cm³/mol. The highest BCUT2D eigenvalue weighted by Gasteiger charge is 2.07. The first-order chi connectivity index (χ1) is 6.92. The summed E-state index contributed by atoms with van der Waals surface area (Å²) in [5, 5.41) is 9.88. The van der Waals surface area contributed by atoms with Crippen molar-refractivity contribution in [2.45, 2.75) is 6.10 Å². The van der Waals surface area contributed by atoms with Gasteiger partial charge in [0.1, 0.15) is 5.75 Å². The van der Waals surface area contributed by atoms with E-state index in [1.807, 2.05) is 0 Å². The molecular weight excluding hydrogens is 284 g/mol. The molecule has 0 saturated carbocycles. The lowest BCUT2D eigenvalue weighted by molar-refractivity contribution is 0.205. The first kappa shape index (κ1) is 12.5. The Bertz CT molecular complexity index is 412. The first-order valence-electron chi connectivity index (χ1n) is 4.16. The smallest absolute Gasteiger partial charge is 0.306 e. The van der Waals surface area contributed by atoms with Crippen LogP contribution in [0.2, 0.25) is 0 Å². The molecule has 0 aliphatic rings. The zero-order valence-corrected chi connectivity index (χ0v) is 10.5. The fourth-order valence-corrected chi connectivity index (χ4v) is 1.84. The highest BCUT2D eigenvalue weighted by atomic mass is 79.9. The van der Waals surface area contributed by atoms with Crippen LogP contribution < -0.4 is 4.18 Å². The second kappa shape index (κ2) is 4.96. The van der Waals surface area contributed by atoms with Crippen LogP contribution in [0, 0.1) is 0 Å². The van der Waals surface area contributed by atoms with Gasteiger partial charge in [0.05, 0.1) is 12.4 Å². The van der Waals surface area contributed by atoms with Crippen LogP contribution in [0.15, 0.2) is 24.3 Å². The maximum absolute atomic E-state index is 10.8. The summed E-state index contributed by atoms with van der Waals surface area (Å²) in [5.41, 5.74) is 0.702. The van der Waals surface area contributed by atoms with Gasteiger partial charge in [-0.2, -0.15) is 8.42 Å². The van der Waals surface area contributed by atoms with Crippen LogP contribution >= 0.6 is 15.9 Å². The molecule has 6 heteroatoms. The van der Waals surface area contributed by atoms with Gasteiger partial charge in [0.25, 0.3) is 0 Å². The van der Waals surface area contributed by atoms with Gasteiger partial charge in [-0.15, -0.1) is 0 Å². The van der Waals surface area contributed by atoms with Crippen LogP contribution in [0.25, 0.3) is 0 Å². The van der Waals surface area contributed by atoms with Gasteiger partial charge in [0.2, 0.25) is 0 Å². The molecule has 1 rings (SSSR count). The molecule has 84 valence electrons. The topological polar surface area (TPSA) is 63.6 Å². The minimum absolute atomic E-state index is 0.239. The van der Waals surface area contributed by atoms with Crippen molar-refractivity contribution in [2.75, 3.05) is 11.6 Å². The monoisotopic (exact) mass is 294 g/mol. The lowest BCUT2D eigenvalue weighted by Crippen LogP contribution is -2.06. The van der Waals surface area contributed by atoms with Crippen molar-refractivity contribution in [2.24, 2.45) is 0 Å². The Hall–Kier alpha value is -0.590.